The Morgan fingerprint density at radius 3 is 2.64 bits per heavy atom. The molecule has 0 unspecified atom stereocenters. The summed E-state index contributed by atoms with van der Waals surface area (Å²) < 4.78 is 1.95. The Balaban J connectivity index is 0.00000225. The summed E-state index contributed by atoms with van der Waals surface area (Å²) in [6.45, 7) is 4.80. The molecule has 4 rings (SSSR count). The molecular weight excluding hydrogens is 392 g/mol. The fourth-order valence-corrected chi connectivity index (χ4v) is 4.98. The number of amides is 1. The maximum Gasteiger partial charge on any atom is 0.264 e. The van der Waals surface area contributed by atoms with E-state index in [-0.39, 0.29) is 18.3 Å². The van der Waals surface area contributed by atoms with E-state index in [2.05, 4.69) is 10.4 Å². The monoisotopic (exact) mass is 418 g/mol. The number of halogens is 1. The molecule has 3 heterocycles. The van der Waals surface area contributed by atoms with Gasteiger partial charge in [-0.2, -0.15) is 5.10 Å². The second kappa shape index (κ2) is 9.07. The third kappa shape index (κ3) is 4.09. The number of hydrogen-bond acceptors (Lipinski definition) is 4. The van der Waals surface area contributed by atoms with Crippen LogP contribution in [0.4, 0.5) is 0 Å². The molecule has 7 heteroatoms. The number of carbonyl (C=O) groups is 1. The Kier molecular flexibility index (Phi) is 6.75. The Morgan fingerprint density at radius 1 is 1.25 bits per heavy atom. The van der Waals surface area contributed by atoms with Crippen molar-refractivity contribution in [1.82, 2.24) is 20.0 Å². The smallest absolute Gasteiger partial charge is 0.264 e. The molecule has 0 spiro atoms. The first-order chi connectivity index (χ1) is 13.2. The van der Waals surface area contributed by atoms with Gasteiger partial charge in [-0.25, -0.2) is 4.68 Å². The number of fused-ring (bicyclic) bond motifs is 1. The average molecular weight is 419 g/mol. The standard InChI is InChI=1S/C21H26N4OS.ClH/c1-15-18-14-19(20(26)24-12-9-16(10-13-24)8-11-22-2)27-21(18)25(23-15)17-6-4-3-5-7-17;/h3-7,14,16,22H,8-13H2,1-2H3;1H. The first-order valence-corrected chi connectivity index (χ1v) is 10.5. The van der Waals surface area contributed by atoms with Crippen LogP contribution in [0.1, 0.15) is 34.6 Å². The van der Waals surface area contributed by atoms with Crippen molar-refractivity contribution >= 4 is 39.9 Å². The van der Waals surface area contributed by atoms with Gasteiger partial charge in [0.25, 0.3) is 5.91 Å². The van der Waals surface area contributed by atoms with E-state index in [1.165, 1.54) is 6.42 Å². The van der Waals surface area contributed by atoms with Gasteiger partial charge in [0.15, 0.2) is 0 Å². The summed E-state index contributed by atoms with van der Waals surface area (Å²) in [4.78, 5) is 16.9. The molecule has 150 valence electrons. The van der Waals surface area contributed by atoms with E-state index in [1.807, 2.05) is 60.0 Å². The largest absolute Gasteiger partial charge is 0.338 e. The number of piperidine rings is 1. The number of aryl methyl sites for hydroxylation is 1. The maximum absolute atomic E-state index is 13.0. The van der Waals surface area contributed by atoms with E-state index in [4.69, 9.17) is 0 Å². The van der Waals surface area contributed by atoms with Gasteiger partial charge in [0.1, 0.15) is 4.83 Å². The van der Waals surface area contributed by atoms with E-state index < -0.39 is 0 Å². The Hall–Kier alpha value is -1.89. The molecule has 0 aliphatic carbocycles. The maximum atomic E-state index is 13.0. The Labute approximate surface area is 176 Å². The highest BCUT2D eigenvalue weighted by molar-refractivity contribution is 7.20. The number of likely N-dealkylation sites (tertiary alicyclic amines) is 1. The van der Waals surface area contributed by atoms with Crippen LogP contribution in [0.3, 0.4) is 0 Å². The minimum Gasteiger partial charge on any atom is -0.338 e. The van der Waals surface area contributed by atoms with Gasteiger partial charge in [-0.15, -0.1) is 23.7 Å². The van der Waals surface area contributed by atoms with Crippen LogP contribution in [0, 0.1) is 12.8 Å². The first-order valence-electron chi connectivity index (χ1n) is 9.66. The molecule has 1 fully saturated rings. The summed E-state index contributed by atoms with van der Waals surface area (Å²) in [5.74, 6) is 0.903. The van der Waals surface area contributed by atoms with Gasteiger partial charge in [0.05, 0.1) is 16.3 Å². The fourth-order valence-electron chi connectivity index (χ4n) is 3.83. The molecule has 1 saturated heterocycles. The summed E-state index contributed by atoms with van der Waals surface area (Å²) in [6, 6.07) is 12.1. The van der Waals surface area contributed by atoms with Crippen LogP contribution in [0.15, 0.2) is 36.4 Å². The number of carbonyl (C=O) groups excluding carboxylic acids is 1. The summed E-state index contributed by atoms with van der Waals surface area (Å²) >= 11 is 1.56. The molecule has 1 aromatic carbocycles. The lowest BCUT2D eigenvalue weighted by Crippen LogP contribution is -2.38. The minimum atomic E-state index is 0. The van der Waals surface area contributed by atoms with Crippen molar-refractivity contribution in [2.75, 3.05) is 26.7 Å². The molecule has 0 bridgehead atoms. The highest BCUT2D eigenvalue weighted by Gasteiger charge is 2.25. The van der Waals surface area contributed by atoms with E-state index in [0.717, 1.165) is 64.9 Å². The Morgan fingerprint density at radius 2 is 1.96 bits per heavy atom. The highest BCUT2D eigenvalue weighted by Crippen LogP contribution is 2.32. The van der Waals surface area contributed by atoms with Gasteiger partial charge in [-0.3, -0.25) is 4.79 Å². The predicted octanol–water partition coefficient (Wildman–Crippen LogP) is 4.28. The van der Waals surface area contributed by atoms with E-state index in [0.29, 0.717) is 0 Å². The third-order valence-corrected chi connectivity index (χ3v) is 6.56. The van der Waals surface area contributed by atoms with Crippen LogP contribution in [0.5, 0.6) is 0 Å². The van der Waals surface area contributed by atoms with Crippen molar-refractivity contribution in [3.05, 3.63) is 47.0 Å². The van der Waals surface area contributed by atoms with Crippen molar-refractivity contribution in [1.29, 1.82) is 0 Å². The van der Waals surface area contributed by atoms with E-state index in [9.17, 15) is 4.79 Å². The molecule has 2 aromatic heterocycles. The number of thiophene rings is 1. The lowest BCUT2D eigenvalue weighted by molar-refractivity contribution is 0.0692. The molecule has 0 atom stereocenters. The van der Waals surface area contributed by atoms with E-state index in [1.54, 1.807) is 11.3 Å². The zero-order valence-electron chi connectivity index (χ0n) is 16.4. The molecule has 1 N–H and O–H groups in total. The summed E-state index contributed by atoms with van der Waals surface area (Å²) in [5, 5.41) is 8.97. The van der Waals surface area contributed by atoms with Crippen molar-refractivity contribution in [2.24, 2.45) is 5.92 Å². The summed E-state index contributed by atoms with van der Waals surface area (Å²) in [7, 11) is 2.00. The predicted molar refractivity (Wildman–Crippen MR) is 118 cm³/mol. The van der Waals surface area contributed by atoms with Crippen LogP contribution in [-0.2, 0) is 0 Å². The topological polar surface area (TPSA) is 50.2 Å². The van der Waals surface area contributed by atoms with Crippen molar-refractivity contribution < 1.29 is 4.79 Å². The average Bonchev–Trinajstić information content (AvgIpc) is 3.27. The molecule has 1 amide bonds. The van der Waals surface area contributed by atoms with Crippen molar-refractivity contribution in [3.8, 4) is 5.69 Å². The van der Waals surface area contributed by atoms with Gasteiger partial charge in [0.2, 0.25) is 0 Å². The summed E-state index contributed by atoms with van der Waals surface area (Å²) in [5.41, 5.74) is 2.00. The number of aromatic nitrogens is 2. The molecule has 1 aliphatic heterocycles. The van der Waals surface area contributed by atoms with Crippen LogP contribution in [-0.4, -0.2) is 47.3 Å². The lowest BCUT2D eigenvalue weighted by Gasteiger charge is -2.31. The number of para-hydroxylation sites is 1. The van der Waals surface area contributed by atoms with Crippen molar-refractivity contribution in [2.45, 2.75) is 26.2 Å². The van der Waals surface area contributed by atoms with Crippen LogP contribution in [0.2, 0.25) is 0 Å². The molecule has 3 aromatic rings. The molecule has 0 radical (unpaired) electrons. The molecule has 0 saturated carbocycles. The molecule has 5 nitrogen and oxygen atoms in total. The highest BCUT2D eigenvalue weighted by atomic mass is 35.5. The van der Waals surface area contributed by atoms with Crippen molar-refractivity contribution in [3.63, 3.8) is 0 Å². The fraction of sp³-hybridized carbons (Fsp3) is 0.429. The zero-order chi connectivity index (χ0) is 18.8. The van der Waals surface area contributed by atoms with Gasteiger partial charge >= 0.3 is 0 Å². The number of hydrogen-bond donors (Lipinski definition) is 1. The Bertz CT molecular complexity index is 929. The number of nitrogens with zero attached hydrogens (tertiary/aromatic N) is 3. The first kappa shape index (κ1) is 20.8. The quantitative estimate of drug-likeness (QED) is 0.672. The normalized spacial score (nSPS) is 15.0. The van der Waals surface area contributed by atoms with Crippen LogP contribution in [0.25, 0.3) is 15.9 Å². The van der Waals surface area contributed by atoms with E-state index >= 15 is 0 Å². The molecular formula is C21H27ClN4OS. The van der Waals surface area contributed by atoms with Gasteiger partial charge < -0.3 is 10.2 Å². The molecule has 1 aliphatic rings. The SMILES string of the molecule is CNCCC1CCN(C(=O)c2cc3c(C)nn(-c4ccccc4)c3s2)CC1.Cl. The number of nitrogens with one attached hydrogen (secondary N) is 1. The second-order valence-electron chi connectivity index (χ2n) is 7.29. The molecule has 28 heavy (non-hydrogen) atoms. The minimum absolute atomic E-state index is 0. The number of rotatable bonds is 5. The third-order valence-electron chi connectivity index (χ3n) is 5.46. The lowest BCUT2D eigenvalue weighted by atomic mass is 9.93. The van der Waals surface area contributed by atoms with Gasteiger partial charge in [-0.05, 0) is 63.9 Å². The number of benzene rings is 1. The zero-order valence-corrected chi connectivity index (χ0v) is 18.0. The van der Waals surface area contributed by atoms with Crippen LogP contribution >= 0.6 is 23.7 Å². The summed E-state index contributed by atoms with van der Waals surface area (Å²) in [6.07, 6.45) is 3.41. The second-order valence-corrected chi connectivity index (χ2v) is 8.32. The van der Waals surface area contributed by atoms with Gasteiger partial charge in [-0.1, -0.05) is 18.2 Å². The van der Waals surface area contributed by atoms with Gasteiger partial charge in [0, 0.05) is 18.5 Å². The van der Waals surface area contributed by atoms with Crippen LogP contribution < -0.4 is 5.32 Å².